The van der Waals surface area contributed by atoms with E-state index in [0.29, 0.717) is 11.5 Å². The summed E-state index contributed by atoms with van der Waals surface area (Å²) >= 11 is 0. The van der Waals surface area contributed by atoms with Gasteiger partial charge in [-0.1, -0.05) is 12.1 Å². The van der Waals surface area contributed by atoms with Crippen LogP contribution in [-0.4, -0.2) is 90.8 Å². The number of morpholine rings is 1. The fourth-order valence-electron chi connectivity index (χ4n) is 5.79. The van der Waals surface area contributed by atoms with Gasteiger partial charge in [0.25, 0.3) is 0 Å². The summed E-state index contributed by atoms with van der Waals surface area (Å²) in [5.74, 6) is 0.435. The van der Waals surface area contributed by atoms with Crippen LogP contribution in [0.1, 0.15) is 37.8 Å². The predicted molar refractivity (Wildman–Crippen MR) is 156 cm³/mol. The number of sulfonamides is 1. The second kappa shape index (κ2) is 12.6. The Morgan fingerprint density at radius 3 is 2.12 bits per heavy atom. The molecule has 2 unspecified atom stereocenters. The molecule has 2 atom stereocenters. The number of aryl methyl sites for hydroxylation is 1. The summed E-state index contributed by atoms with van der Waals surface area (Å²) in [6.45, 7) is 8.84. The number of piperidine rings is 1. The minimum absolute atomic E-state index is 0.0431. The molecular weight excluding hydrogens is 548 g/mol. The van der Waals surface area contributed by atoms with Gasteiger partial charge in [-0.25, -0.2) is 21.1 Å². The van der Waals surface area contributed by atoms with Crippen molar-refractivity contribution < 1.29 is 21.6 Å². The highest BCUT2D eigenvalue weighted by Crippen LogP contribution is 2.31. The molecule has 0 bridgehead atoms. The molecule has 0 N–H and O–H groups in total. The molecule has 4 rings (SSSR count). The Balaban J connectivity index is 1.44. The summed E-state index contributed by atoms with van der Waals surface area (Å²) in [5.41, 5.74) is 2.23. The molecule has 0 saturated carbocycles. The normalized spacial score (nSPS) is 21.4. The molecule has 0 aliphatic carbocycles. The molecule has 218 valence electrons. The largest absolute Gasteiger partial charge is 0.373 e. The summed E-state index contributed by atoms with van der Waals surface area (Å²) in [6.07, 6.45) is 2.78. The maximum absolute atomic E-state index is 13.2. The van der Waals surface area contributed by atoms with Crippen LogP contribution in [0.2, 0.25) is 0 Å². The Labute approximate surface area is 239 Å². The third-order valence-corrected chi connectivity index (χ3v) is 11.3. The van der Waals surface area contributed by atoms with Gasteiger partial charge in [0.15, 0.2) is 9.84 Å². The first-order valence-corrected chi connectivity index (χ1v) is 16.9. The van der Waals surface area contributed by atoms with Gasteiger partial charge in [0, 0.05) is 46.8 Å². The number of para-hydroxylation sites is 1. The van der Waals surface area contributed by atoms with E-state index in [9.17, 15) is 22.1 Å². The maximum Gasteiger partial charge on any atom is 0.242 e. The molecule has 2 aromatic carbocycles. The average molecular weight is 589 g/mol. The third kappa shape index (κ3) is 7.04. The molecule has 0 aromatic heterocycles. The Hall–Kier alpha value is -2.49. The third-order valence-electron chi connectivity index (χ3n) is 7.78. The molecule has 2 saturated heterocycles. The molecule has 11 heteroatoms. The van der Waals surface area contributed by atoms with Crippen LogP contribution in [0.5, 0.6) is 0 Å². The Kier molecular flexibility index (Phi) is 9.58. The molecule has 9 nitrogen and oxygen atoms in total. The van der Waals surface area contributed by atoms with Gasteiger partial charge in [-0.05, 0) is 74.9 Å². The van der Waals surface area contributed by atoms with Crippen molar-refractivity contribution in [3.05, 3.63) is 53.6 Å². The van der Waals surface area contributed by atoms with Crippen molar-refractivity contribution in [2.75, 3.05) is 57.5 Å². The lowest BCUT2D eigenvalue weighted by molar-refractivity contribution is -0.0720. The number of nitriles is 1. The van der Waals surface area contributed by atoms with E-state index >= 15 is 0 Å². The minimum Gasteiger partial charge on any atom is -0.373 e. The standard InChI is InChI=1S/C29H40N4O5S2/c1-22-19-32(20-23(2)38-22)21-24-12-15-33(16-13-24)29-25(6-5-7-26(29)18-30)14-17-39(34,35)27-8-10-28(11-9-27)40(36,37)31(3)4/h5-11,22-24H,12-17,19-21H2,1-4H3. The van der Waals surface area contributed by atoms with Crippen molar-refractivity contribution in [1.82, 2.24) is 9.21 Å². The average Bonchev–Trinajstić information content (AvgIpc) is 2.91. The fraction of sp³-hybridized carbons (Fsp3) is 0.552. The second-order valence-corrected chi connectivity index (χ2v) is 15.4. The van der Waals surface area contributed by atoms with Gasteiger partial charge in [-0.3, -0.25) is 4.90 Å². The van der Waals surface area contributed by atoms with E-state index in [4.69, 9.17) is 4.74 Å². The van der Waals surface area contributed by atoms with Gasteiger partial charge in [0.2, 0.25) is 10.0 Å². The van der Waals surface area contributed by atoms with E-state index in [2.05, 4.69) is 29.7 Å². The van der Waals surface area contributed by atoms with Gasteiger partial charge < -0.3 is 9.64 Å². The van der Waals surface area contributed by atoms with E-state index in [1.54, 1.807) is 12.1 Å². The van der Waals surface area contributed by atoms with Gasteiger partial charge in [0.1, 0.15) is 6.07 Å². The predicted octanol–water partition coefficient (Wildman–Crippen LogP) is 3.15. The van der Waals surface area contributed by atoms with Gasteiger partial charge >= 0.3 is 0 Å². The van der Waals surface area contributed by atoms with E-state index in [-0.39, 0.29) is 34.2 Å². The molecular formula is C29H40N4O5S2. The van der Waals surface area contributed by atoms with Crippen LogP contribution in [0.4, 0.5) is 5.69 Å². The second-order valence-electron chi connectivity index (χ2n) is 11.2. The zero-order valence-corrected chi connectivity index (χ0v) is 25.4. The SMILES string of the molecule is CC1CN(CC2CCN(c3c(C#N)cccc3CCS(=O)(=O)c3ccc(S(=O)(=O)N(C)C)cc3)CC2)CC(C)O1. The summed E-state index contributed by atoms with van der Waals surface area (Å²) in [6, 6.07) is 13.1. The molecule has 40 heavy (non-hydrogen) atoms. The number of ether oxygens (including phenoxy) is 1. The summed E-state index contributed by atoms with van der Waals surface area (Å²) in [4.78, 5) is 4.86. The molecule has 2 heterocycles. The summed E-state index contributed by atoms with van der Waals surface area (Å²) in [7, 11) is -4.45. The lowest BCUT2D eigenvalue weighted by Gasteiger charge is -2.40. The molecule has 2 aromatic rings. The van der Waals surface area contributed by atoms with Gasteiger partial charge in [-0.15, -0.1) is 0 Å². The van der Waals surface area contributed by atoms with Crippen molar-refractivity contribution in [2.24, 2.45) is 5.92 Å². The van der Waals surface area contributed by atoms with Crippen LogP contribution in [0.3, 0.4) is 0 Å². The molecule has 2 aliphatic heterocycles. The quantitative estimate of drug-likeness (QED) is 0.439. The Morgan fingerprint density at radius 1 is 0.950 bits per heavy atom. The van der Waals surface area contributed by atoms with E-state index in [1.165, 1.54) is 38.4 Å². The fourth-order valence-corrected chi connectivity index (χ4v) is 7.96. The molecule has 2 fully saturated rings. The van der Waals surface area contributed by atoms with Gasteiger partial charge in [-0.2, -0.15) is 5.26 Å². The Bertz CT molecular complexity index is 1420. The number of hydrogen-bond acceptors (Lipinski definition) is 8. The molecule has 2 aliphatic rings. The number of rotatable bonds is 9. The highest BCUT2D eigenvalue weighted by molar-refractivity contribution is 7.91. The topological polar surface area (TPSA) is 111 Å². The highest BCUT2D eigenvalue weighted by atomic mass is 32.2. The number of sulfone groups is 1. The smallest absolute Gasteiger partial charge is 0.242 e. The van der Waals surface area contributed by atoms with Crippen LogP contribution in [-0.2, 0) is 31.0 Å². The van der Waals surface area contributed by atoms with E-state index in [1.807, 2.05) is 6.07 Å². The number of benzene rings is 2. The Morgan fingerprint density at radius 2 is 1.55 bits per heavy atom. The maximum atomic E-state index is 13.2. The molecule has 0 radical (unpaired) electrons. The van der Waals surface area contributed by atoms with Crippen molar-refractivity contribution in [3.8, 4) is 6.07 Å². The highest BCUT2D eigenvalue weighted by Gasteiger charge is 2.28. The zero-order valence-electron chi connectivity index (χ0n) is 23.8. The van der Waals surface area contributed by atoms with Crippen molar-refractivity contribution in [3.63, 3.8) is 0 Å². The lowest BCUT2D eigenvalue weighted by atomic mass is 9.93. The van der Waals surface area contributed by atoms with Crippen LogP contribution >= 0.6 is 0 Å². The van der Waals surface area contributed by atoms with E-state index in [0.717, 1.165) is 61.1 Å². The number of anilines is 1. The minimum atomic E-state index is -3.67. The lowest BCUT2D eigenvalue weighted by Crippen LogP contribution is -2.48. The van der Waals surface area contributed by atoms with Gasteiger partial charge in [0.05, 0.1) is 39.0 Å². The molecule has 0 spiro atoms. The van der Waals surface area contributed by atoms with Crippen molar-refractivity contribution >= 4 is 25.5 Å². The van der Waals surface area contributed by atoms with Crippen LogP contribution in [0, 0.1) is 17.2 Å². The first-order chi connectivity index (χ1) is 18.9. The van der Waals surface area contributed by atoms with Crippen LogP contribution < -0.4 is 4.90 Å². The first kappa shape index (κ1) is 30.5. The first-order valence-electron chi connectivity index (χ1n) is 13.8. The van der Waals surface area contributed by atoms with Crippen molar-refractivity contribution in [2.45, 2.75) is 55.1 Å². The zero-order chi connectivity index (χ0) is 29.1. The van der Waals surface area contributed by atoms with Crippen LogP contribution in [0.15, 0.2) is 52.3 Å². The summed E-state index contributed by atoms with van der Waals surface area (Å²) in [5, 5.41) is 9.86. The van der Waals surface area contributed by atoms with Crippen LogP contribution in [0.25, 0.3) is 0 Å². The van der Waals surface area contributed by atoms with Crippen molar-refractivity contribution in [1.29, 1.82) is 5.26 Å². The number of nitrogens with zero attached hydrogens (tertiary/aromatic N) is 4. The monoisotopic (exact) mass is 588 g/mol. The molecule has 0 amide bonds. The van der Waals surface area contributed by atoms with E-state index < -0.39 is 19.9 Å². The summed E-state index contributed by atoms with van der Waals surface area (Å²) < 4.78 is 58.0. The number of hydrogen-bond donors (Lipinski definition) is 0.